The molecule has 0 spiro atoms. The molecular weight excluding hydrogens is 414 g/mol. The summed E-state index contributed by atoms with van der Waals surface area (Å²) in [6, 6.07) is 13.9. The van der Waals surface area contributed by atoms with Crippen LogP contribution in [0.1, 0.15) is 80.8 Å². The van der Waals surface area contributed by atoms with E-state index in [1.54, 1.807) is 0 Å². The summed E-state index contributed by atoms with van der Waals surface area (Å²) in [7, 11) is 0. The number of dihydropyridines is 1. The molecule has 1 N–H and O–H groups in total. The van der Waals surface area contributed by atoms with Crippen molar-refractivity contribution < 1.29 is 18.7 Å². The molecule has 5 heteroatoms. The summed E-state index contributed by atoms with van der Waals surface area (Å²) >= 11 is 0. The third-order valence-electron chi connectivity index (χ3n) is 7.19. The fourth-order valence-electron chi connectivity index (χ4n) is 5.56. The third-order valence-corrected chi connectivity index (χ3v) is 7.19. The number of hydrogen-bond donors (Lipinski definition) is 1. The van der Waals surface area contributed by atoms with Gasteiger partial charge in [-0.15, -0.1) is 0 Å². The quantitative estimate of drug-likeness (QED) is 0.600. The molecule has 172 valence electrons. The Hall–Kier alpha value is -3.08. The van der Waals surface area contributed by atoms with Crippen LogP contribution in [-0.2, 0) is 14.3 Å². The molecule has 0 amide bonds. The van der Waals surface area contributed by atoms with E-state index in [-0.39, 0.29) is 23.8 Å². The van der Waals surface area contributed by atoms with E-state index in [0.29, 0.717) is 23.3 Å². The van der Waals surface area contributed by atoms with Gasteiger partial charge in [0.05, 0.1) is 11.5 Å². The van der Waals surface area contributed by atoms with Gasteiger partial charge in [-0.05, 0) is 69.6 Å². The SMILES string of the molecule is CC1=C(C(=O)OC2CCCCC2)[C@@H](c2ccc(C)o2)C2=C(C[C@@H](c3ccccc3)CC2=O)N1. The summed E-state index contributed by atoms with van der Waals surface area (Å²) in [4.78, 5) is 27.0. The fraction of sp³-hybridized carbons (Fsp3) is 0.429. The lowest BCUT2D eigenvalue weighted by atomic mass is 9.73. The summed E-state index contributed by atoms with van der Waals surface area (Å²) in [6.07, 6.45) is 6.27. The molecule has 33 heavy (non-hydrogen) atoms. The Morgan fingerprint density at radius 1 is 1.00 bits per heavy atom. The van der Waals surface area contributed by atoms with Gasteiger partial charge in [0.25, 0.3) is 0 Å². The number of carbonyl (C=O) groups excluding carboxylic acids is 2. The smallest absolute Gasteiger partial charge is 0.337 e. The molecule has 0 radical (unpaired) electrons. The van der Waals surface area contributed by atoms with Gasteiger partial charge in [-0.25, -0.2) is 4.79 Å². The number of carbonyl (C=O) groups is 2. The van der Waals surface area contributed by atoms with Gasteiger partial charge < -0.3 is 14.5 Å². The zero-order chi connectivity index (χ0) is 22.9. The van der Waals surface area contributed by atoms with Crippen molar-refractivity contribution in [2.45, 2.75) is 76.7 Å². The minimum atomic E-state index is -0.532. The number of nitrogens with one attached hydrogen (secondary N) is 1. The molecule has 2 aromatic rings. The minimum Gasteiger partial charge on any atom is -0.465 e. The Balaban J connectivity index is 1.51. The molecule has 5 rings (SSSR count). The van der Waals surface area contributed by atoms with Gasteiger partial charge in [0, 0.05) is 23.4 Å². The molecule has 2 aliphatic carbocycles. The van der Waals surface area contributed by atoms with Gasteiger partial charge in [-0.1, -0.05) is 36.8 Å². The van der Waals surface area contributed by atoms with E-state index in [0.717, 1.165) is 54.8 Å². The number of rotatable bonds is 4. The number of aryl methyl sites for hydroxylation is 1. The van der Waals surface area contributed by atoms with Crippen molar-refractivity contribution in [2.24, 2.45) is 0 Å². The van der Waals surface area contributed by atoms with Crippen molar-refractivity contribution in [1.29, 1.82) is 0 Å². The lowest BCUT2D eigenvalue weighted by molar-refractivity contribution is -0.146. The highest BCUT2D eigenvalue weighted by molar-refractivity contribution is 6.04. The molecule has 3 aliphatic rings. The summed E-state index contributed by atoms with van der Waals surface area (Å²) in [5.74, 6) is 0.696. The van der Waals surface area contributed by atoms with E-state index in [9.17, 15) is 9.59 Å². The first-order chi connectivity index (χ1) is 16.0. The fourth-order valence-corrected chi connectivity index (χ4v) is 5.56. The highest BCUT2D eigenvalue weighted by atomic mass is 16.5. The maximum atomic E-state index is 13.6. The van der Waals surface area contributed by atoms with Crippen LogP contribution in [0.15, 0.2) is 69.4 Å². The van der Waals surface area contributed by atoms with E-state index in [1.165, 1.54) is 6.42 Å². The van der Waals surface area contributed by atoms with Crippen LogP contribution in [0.5, 0.6) is 0 Å². The highest BCUT2D eigenvalue weighted by Crippen LogP contribution is 2.46. The molecule has 1 aliphatic heterocycles. The number of esters is 1. The van der Waals surface area contributed by atoms with Crippen LogP contribution in [0.25, 0.3) is 0 Å². The number of furan rings is 1. The van der Waals surface area contributed by atoms with Crippen molar-refractivity contribution in [3.63, 3.8) is 0 Å². The predicted molar refractivity (Wildman–Crippen MR) is 125 cm³/mol. The third kappa shape index (κ3) is 4.29. The number of ketones is 1. The Kier molecular flexibility index (Phi) is 5.96. The Morgan fingerprint density at radius 2 is 1.76 bits per heavy atom. The molecule has 2 atom stereocenters. The lowest BCUT2D eigenvalue weighted by Crippen LogP contribution is -2.36. The maximum absolute atomic E-state index is 13.6. The van der Waals surface area contributed by atoms with Crippen LogP contribution < -0.4 is 5.32 Å². The van der Waals surface area contributed by atoms with E-state index in [1.807, 2.05) is 44.2 Å². The topological polar surface area (TPSA) is 68.5 Å². The van der Waals surface area contributed by atoms with Gasteiger partial charge in [0.1, 0.15) is 17.6 Å². The summed E-state index contributed by atoms with van der Waals surface area (Å²) in [5, 5.41) is 3.42. The number of allylic oxidation sites excluding steroid dienone is 3. The standard InChI is InChI=1S/C28H31NO4/c1-17-13-14-24(32-17)27-25(28(31)33-21-11-7-4-8-12-21)18(2)29-22-15-20(16-23(30)26(22)27)19-9-5-3-6-10-19/h3,5-6,9-10,13-14,20-21,27,29H,4,7-8,11-12,15-16H2,1-2H3/t20-,27-/m1/s1. The van der Waals surface area contributed by atoms with E-state index in [4.69, 9.17) is 9.15 Å². The van der Waals surface area contributed by atoms with Crippen LogP contribution in [0.2, 0.25) is 0 Å². The largest absolute Gasteiger partial charge is 0.465 e. The van der Waals surface area contributed by atoms with Gasteiger partial charge >= 0.3 is 5.97 Å². The average Bonchev–Trinajstić information content (AvgIpc) is 3.25. The molecule has 1 aromatic carbocycles. The van der Waals surface area contributed by atoms with Crippen LogP contribution in [0.3, 0.4) is 0 Å². The van der Waals surface area contributed by atoms with Gasteiger partial charge in [0.2, 0.25) is 0 Å². The van der Waals surface area contributed by atoms with E-state index >= 15 is 0 Å². The Labute approximate surface area is 194 Å². The van der Waals surface area contributed by atoms with Crippen molar-refractivity contribution in [1.82, 2.24) is 5.32 Å². The number of hydrogen-bond acceptors (Lipinski definition) is 5. The molecule has 2 heterocycles. The van der Waals surface area contributed by atoms with Crippen molar-refractivity contribution >= 4 is 11.8 Å². The number of ether oxygens (including phenoxy) is 1. The average molecular weight is 446 g/mol. The molecular formula is C28H31NO4. The molecule has 0 saturated heterocycles. The van der Waals surface area contributed by atoms with Gasteiger partial charge in [-0.2, -0.15) is 0 Å². The summed E-state index contributed by atoms with van der Waals surface area (Å²) < 4.78 is 11.9. The summed E-state index contributed by atoms with van der Waals surface area (Å²) in [6.45, 7) is 3.78. The van der Waals surface area contributed by atoms with Crippen LogP contribution in [0, 0.1) is 6.92 Å². The first-order valence-corrected chi connectivity index (χ1v) is 12.1. The van der Waals surface area contributed by atoms with Crippen molar-refractivity contribution in [2.75, 3.05) is 0 Å². The van der Waals surface area contributed by atoms with Crippen molar-refractivity contribution in [3.8, 4) is 0 Å². The molecule has 1 aromatic heterocycles. The molecule has 1 saturated carbocycles. The first kappa shape index (κ1) is 21.7. The summed E-state index contributed by atoms with van der Waals surface area (Å²) in [5.41, 5.74) is 3.95. The normalized spacial score (nSPS) is 23.9. The van der Waals surface area contributed by atoms with E-state index in [2.05, 4.69) is 17.4 Å². The number of Topliss-reactive ketones (excluding diaryl/α,β-unsaturated/α-hetero) is 1. The number of benzene rings is 1. The van der Waals surface area contributed by atoms with Crippen LogP contribution in [0.4, 0.5) is 0 Å². The molecule has 0 unspecified atom stereocenters. The van der Waals surface area contributed by atoms with Crippen molar-refractivity contribution in [3.05, 3.63) is 82.1 Å². The van der Waals surface area contributed by atoms with Gasteiger partial charge in [-0.3, -0.25) is 4.79 Å². The van der Waals surface area contributed by atoms with E-state index < -0.39 is 5.92 Å². The first-order valence-electron chi connectivity index (χ1n) is 12.1. The zero-order valence-corrected chi connectivity index (χ0v) is 19.4. The zero-order valence-electron chi connectivity index (χ0n) is 19.4. The second-order valence-corrected chi connectivity index (χ2v) is 9.54. The second-order valence-electron chi connectivity index (χ2n) is 9.54. The maximum Gasteiger partial charge on any atom is 0.337 e. The molecule has 0 bridgehead atoms. The van der Waals surface area contributed by atoms with Gasteiger partial charge in [0.15, 0.2) is 5.78 Å². The van der Waals surface area contributed by atoms with Crippen LogP contribution >= 0.6 is 0 Å². The second kappa shape index (κ2) is 9.05. The molecule has 5 nitrogen and oxygen atoms in total. The highest BCUT2D eigenvalue weighted by Gasteiger charge is 2.43. The Bertz CT molecular complexity index is 1120. The van der Waals surface area contributed by atoms with Crippen LogP contribution in [-0.4, -0.2) is 17.9 Å². The lowest BCUT2D eigenvalue weighted by Gasteiger charge is -2.36. The Morgan fingerprint density at radius 3 is 2.45 bits per heavy atom. The monoisotopic (exact) mass is 445 g/mol. The molecule has 1 fully saturated rings. The minimum absolute atomic E-state index is 0.0505. The predicted octanol–water partition coefficient (Wildman–Crippen LogP) is 5.83.